The van der Waals surface area contributed by atoms with Crippen molar-refractivity contribution in [3.8, 4) is 5.75 Å². The molecule has 5 rings (SSSR count). The molecule has 2 aliphatic rings. The summed E-state index contributed by atoms with van der Waals surface area (Å²) in [6.07, 6.45) is 1.84. The zero-order valence-electron chi connectivity index (χ0n) is 17.9. The standard InChI is InChI=1S/C25H25NO5/c1-14-11-19-20(12-15(14)2)31-24-21(23(19)27)22(16-6-8-17(29-3)9-7-16)26(25(24)28)13-18-5-4-10-30-18/h6-9,11-12,18,22H,4-5,10,13H2,1-3H3/t18-,22-/m1/s1. The molecular formula is C25H25NO5. The maximum atomic E-state index is 13.6. The van der Waals surface area contributed by atoms with Gasteiger partial charge in [0.1, 0.15) is 11.3 Å². The van der Waals surface area contributed by atoms with E-state index in [1.54, 1.807) is 12.0 Å². The minimum absolute atomic E-state index is 0.0342. The van der Waals surface area contributed by atoms with Crippen LogP contribution in [0, 0.1) is 13.8 Å². The molecule has 0 bridgehead atoms. The summed E-state index contributed by atoms with van der Waals surface area (Å²) in [6, 6.07) is 10.7. The van der Waals surface area contributed by atoms with Crippen molar-refractivity contribution in [3.05, 3.63) is 74.6 Å². The fraction of sp³-hybridized carbons (Fsp3) is 0.360. The average molecular weight is 419 g/mol. The second kappa shape index (κ2) is 7.54. The van der Waals surface area contributed by atoms with Gasteiger partial charge in [0.15, 0.2) is 5.43 Å². The van der Waals surface area contributed by atoms with Crippen LogP contribution in [0.5, 0.6) is 5.75 Å². The number of methoxy groups -OCH3 is 1. The van der Waals surface area contributed by atoms with E-state index < -0.39 is 6.04 Å². The highest BCUT2D eigenvalue weighted by atomic mass is 16.5. The number of rotatable bonds is 4. The Kier molecular flexibility index (Phi) is 4.82. The highest BCUT2D eigenvalue weighted by Crippen LogP contribution is 2.39. The Morgan fingerprint density at radius 2 is 1.84 bits per heavy atom. The lowest BCUT2D eigenvalue weighted by Gasteiger charge is -2.27. The number of carbonyl (C=O) groups is 1. The summed E-state index contributed by atoms with van der Waals surface area (Å²) in [5.74, 6) is 0.596. The first-order valence-corrected chi connectivity index (χ1v) is 10.6. The van der Waals surface area contributed by atoms with Gasteiger partial charge < -0.3 is 18.8 Å². The second-order valence-corrected chi connectivity index (χ2v) is 8.37. The molecule has 0 saturated carbocycles. The summed E-state index contributed by atoms with van der Waals surface area (Å²) in [4.78, 5) is 28.8. The van der Waals surface area contributed by atoms with Crippen molar-refractivity contribution in [2.24, 2.45) is 0 Å². The Morgan fingerprint density at radius 1 is 1.10 bits per heavy atom. The normalized spacial score (nSPS) is 20.5. The zero-order valence-corrected chi connectivity index (χ0v) is 17.9. The van der Waals surface area contributed by atoms with Gasteiger partial charge in [0, 0.05) is 13.2 Å². The fourth-order valence-electron chi connectivity index (χ4n) is 4.60. The van der Waals surface area contributed by atoms with E-state index in [1.807, 2.05) is 50.2 Å². The van der Waals surface area contributed by atoms with Crippen molar-refractivity contribution >= 4 is 16.9 Å². The van der Waals surface area contributed by atoms with E-state index in [4.69, 9.17) is 13.9 Å². The first-order chi connectivity index (χ1) is 15.0. The minimum Gasteiger partial charge on any atom is -0.497 e. The van der Waals surface area contributed by atoms with Gasteiger partial charge in [-0.15, -0.1) is 0 Å². The molecule has 3 aromatic rings. The third-order valence-corrected chi connectivity index (χ3v) is 6.44. The summed E-state index contributed by atoms with van der Waals surface area (Å²) in [6.45, 7) is 5.06. The van der Waals surface area contributed by atoms with Gasteiger partial charge in [0.25, 0.3) is 5.91 Å². The van der Waals surface area contributed by atoms with Gasteiger partial charge in [-0.05, 0) is 67.6 Å². The predicted octanol–water partition coefficient (Wildman–Crippen LogP) is 4.14. The van der Waals surface area contributed by atoms with Gasteiger partial charge in [-0.1, -0.05) is 12.1 Å². The lowest BCUT2D eigenvalue weighted by Crippen LogP contribution is -2.36. The van der Waals surface area contributed by atoms with Crippen molar-refractivity contribution in [1.82, 2.24) is 4.90 Å². The Bertz CT molecular complexity index is 1220. The van der Waals surface area contributed by atoms with E-state index in [1.165, 1.54) is 0 Å². The number of ether oxygens (including phenoxy) is 2. The second-order valence-electron chi connectivity index (χ2n) is 8.37. The summed E-state index contributed by atoms with van der Waals surface area (Å²) >= 11 is 0. The molecule has 1 amide bonds. The largest absolute Gasteiger partial charge is 0.497 e. The Morgan fingerprint density at radius 3 is 2.52 bits per heavy atom. The Hall–Kier alpha value is -3.12. The highest BCUT2D eigenvalue weighted by Gasteiger charge is 2.43. The number of carbonyl (C=O) groups excluding carboxylic acids is 1. The van der Waals surface area contributed by atoms with Crippen molar-refractivity contribution in [2.75, 3.05) is 20.3 Å². The van der Waals surface area contributed by atoms with E-state index in [0.717, 1.165) is 35.3 Å². The van der Waals surface area contributed by atoms with Crippen LogP contribution in [0.4, 0.5) is 0 Å². The lowest BCUT2D eigenvalue weighted by atomic mass is 9.97. The first-order valence-electron chi connectivity index (χ1n) is 10.6. The van der Waals surface area contributed by atoms with Crippen molar-refractivity contribution in [2.45, 2.75) is 38.8 Å². The van der Waals surface area contributed by atoms with Crippen molar-refractivity contribution < 1.29 is 18.7 Å². The molecule has 0 spiro atoms. The number of nitrogens with zero attached hydrogens (tertiary/aromatic N) is 1. The van der Waals surface area contributed by atoms with E-state index >= 15 is 0 Å². The third kappa shape index (κ3) is 3.22. The minimum atomic E-state index is -0.514. The molecule has 1 fully saturated rings. The molecule has 6 heteroatoms. The number of aryl methyl sites for hydroxylation is 2. The van der Waals surface area contributed by atoms with Gasteiger partial charge in [0.2, 0.25) is 5.76 Å². The van der Waals surface area contributed by atoms with Crippen LogP contribution in [0.15, 0.2) is 45.6 Å². The number of fused-ring (bicyclic) bond motifs is 2. The van der Waals surface area contributed by atoms with Crippen LogP contribution >= 0.6 is 0 Å². The van der Waals surface area contributed by atoms with Gasteiger partial charge >= 0.3 is 0 Å². The molecule has 2 aromatic carbocycles. The quantitative estimate of drug-likeness (QED) is 0.636. The van der Waals surface area contributed by atoms with Crippen LogP contribution in [0.2, 0.25) is 0 Å². The maximum absolute atomic E-state index is 13.6. The van der Waals surface area contributed by atoms with Crippen LogP contribution < -0.4 is 10.2 Å². The van der Waals surface area contributed by atoms with Crippen LogP contribution in [0.3, 0.4) is 0 Å². The molecule has 6 nitrogen and oxygen atoms in total. The van der Waals surface area contributed by atoms with E-state index in [-0.39, 0.29) is 23.2 Å². The molecule has 31 heavy (non-hydrogen) atoms. The average Bonchev–Trinajstić information content (AvgIpc) is 3.38. The third-order valence-electron chi connectivity index (χ3n) is 6.44. The van der Waals surface area contributed by atoms with E-state index in [2.05, 4.69) is 0 Å². The van der Waals surface area contributed by atoms with E-state index in [9.17, 15) is 9.59 Å². The van der Waals surface area contributed by atoms with Crippen LogP contribution in [0.25, 0.3) is 11.0 Å². The number of amides is 1. The fourth-order valence-corrected chi connectivity index (χ4v) is 4.60. The Balaban J connectivity index is 1.70. The SMILES string of the molecule is COc1ccc([C@@H]2c3c(oc4cc(C)c(C)cc4c3=O)C(=O)N2C[C@H]2CCCO2)cc1. The molecule has 1 aromatic heterocycles. The summed E-state index contributed by atoms with van der Waals surface area (Å²) < 4.78 is 17.1. The topological polar surface area (TPSA) is 69.0 Å². The van der Waals surface area contributed by atoms with E-state index in [0.29, 0.717) is 29.7 Å². The van der Waals surface area contributed by atoms with Gasteiger partial charge in [-0.25, -0.2) is 0 Å². The number of hydrogen-bond acceptors (Lipinski definition) is 5. The molecule has 0 aliphatic carbocycles. The molecule has 160 valence electrons. The van der Waals surface area contributed by atoms with Gasteiger partial charge in [-0.2, -0.15) is 0 Å². The predicted molar refractivity (Wildman–Crippen MR) is 117 cm³/mol. The molecule has 2 atom stereocenters. The van der Waals surface area contributed by atoms with Gasteiger partial charge in [-0.3, -0.25) is 9.59 Å². The molecule has 0 radical (unpaired) electrons. The van der Waals surface area contributed by atoms with Gasteiger partial charge in [0.05, 0.1) is 30.2 Å². The molecule has 0 unspecified atom stereocenters. The molecular weight excluding hydrogens is 394 g/mol. The van der Waals surface area contributed by atoms with Crippen LogP contribution in [0.1, 0.15) is 51.7 Å². The number of hydrogen-bond donors (Lipinski definition) is 0. The maximum Gasteiger partial charge on any atom is 0.291 e. The number of benzene rings is 2. The van der Waals surface area contributed by atoms with Crippen LogP contribution in [-0.4, -0.2) is 37.2 Å². The zero-order chi connectivity index (χ0) is 21.7. The molecule has 0 N–H and O–H groups in total. The van der Waals surface area contributed by atoms with Crippen LogP contribution in [-0.2, 0) is 4.74 Å². The first kappa shape index (κ1) is 19.8. The molecule has 1 saturated heterocycles. The smallest absolute Gasteiger partial charge is 0.291 e. The summed E-state index contributed by atoms with van der Waals surface area (Å²) in [7, 11) is 1.61. The van der Waals surface area contributed by atoms with Crippen molar-refractivity contribution in [3.63, 3.8) is 0 Å². The lowest BCUT2D eigenvalue weighted by molar-refractivity contribution is 0.0486. The summed E-state index contributed by atoms with van der Waals surface area (Å²) in [5, 5.41) is 0.507. The summed E-state index contributed by atoms with van der Waals surface area (Å²) in [5.41, 5.74) is 3.59. The van der Waals surface area contributed by atoms with Crippen molar-refractivity contribution in [1.29, 1.82) is 0 Å². The molecule has 3 heterocycles. The monoisotopic (exact) mass is 419 g/mol. The Labute approximate surface area is 180 Å². The molecule has 2 aliphatic heterocycles. The highest BCUT2D eigenvalue weighted by molar-refractivity contribution is 5.99.